The fourth-order valence-electron chi connectivity index (χ4n) is 3.27. The highest BCUT2D eigenvalue weighted by Gasteiger charge is 2.15. The number of hydrogen-bond acceptors (Lipinski definition) is 2. The van der Waals surface area contributed by atoms with Gasteiger partial charge < -0.3 is 10.9 Å². The fraction of sp³-hybridized carbons (Fsp3) is 0.0400. The van der Waals surface area contributed by atoms with Gasteiger partial charge in [0.15, 0.2) is 0 Å². The monoisotopic (exact) mass is 350 g/mol. The lowest BCUT2D eigenvalue weighted by Gasteiger charge is -2.08. The van der Waals surface area contributed by atoms with Gasteiger partial charge in [0.1, 0.15) is 0 Å². The van der Waals surface area contributed by atoms with Gasteiger partial charge in [0, 0.05) is 0 Å². The van der Waals surface area contributed by atoms with Crippen LogP contribution >= 0.6 is 0 Å². The summed E-state index contributed by atoms with van der Waals surface area (Å²) in [6.07, 6.45) is 1.10. The Morgan fingerprint density at radius 3 is 1.22 bits per heavy atom. The maximum Gasteiger partial charge on any atom is 0.0539 e. The SMILES string of the molecule is c1ccc(NNc2ccccc2)cc1.c1ccc2c(c1)Cc1ccccc1-2. The topological polar surface area (TPSA) is 24.1 Å². The molecule has 2 heteroatoms. The van der Waals surface area contributed by atoms with Crippen molar-refractivity contribution in [1.29, 1.82) is 0 Å². The number of nitrogens with one attached hydrogen (secondary N) is 2. The lowest BCUT2D eigenvalue weighted by molar-refractivity contribution is 1.26. The van der Waals surface area contributed by atoms with Gasteiger partial charge in [-0.15, -0.1) is 0 Å². The Balaban J connectivity index is 0.000000134. The predicted molar refractivity (Wildman–Crippen MR) is 115 cm³/mol. The van der Waals surface area contributed by atoms with Crippen LogP contribution in [0.2, 0.25) is 0 Å². The molecule has 4 aromatic rings. The van der Waals surface area contributed by atoms with Gasteiger partial charge in [-0.3, -0.25) is 0 Å². The van der Waals surface area contributed by atoms with Crippen LogP contribution in [0.3, 0.4) is 0 Å². The van der Waals surface area contributed by atoms with Crippen molar-refractivity contribution >= 4 is 11.4 Å². The number of hydrogen-bond donors (Lipinski definition) is 2. The molecule has 0 bridgehead atoms. The summed E-state index contributed by atoms with van der Waals surface area (Å²) in [5.41, 5.74) is 14.1. The highest BCUT2D eigenvalue weighted by Crippen LogP contribution is 2.35. The molecule has 0 heterocycles. The predicted octanol–water partition coefficient (Wildman–Crippen LogP) is 6.38. The third kappa shape index (κ3) is 4.18. The van der Waals surface area contributed by atoms with E-state index in [0.717, 1.165) is 17.8 Å². The van der Waals surface area contributed by atoms with E-state index in [1.54, 1.807) is 0 Å². The van der Waals surface area contributed by atoms with Crippen LogP contribution in [0.5, 0.6) is 0 Å². The first-order chi connectivity index (χ1) is 13.4. The third-order valence-electron chi connectivity index (χ3n) is 4.60. The summed E-state index contributed by atoms with van der Waals surface area (Å²) in [5.74, 6) is 0. The Labute approximate surface area is 160 Å². The number of fused-ring (bicyclic) bond motifs is 3. The molecule has 0 saturated carbocycles. The molecule has 0 spiro atoms. The van der Waals surface area contributed by atoms with E-state index in [-0.39, 0.29) is 0 Å². The van der Waals surface area contributed by atoms with Gasteiger partial charge in [0.2, 0.25) is 0 Å². The van der Waals surface area contributed by atoms with E-state index in [4.69, 9.17) is 0 Å². The third-order valence-corrected chi connectivity index (χ3v) is 4.60. The molecule has 4 aromatic carbocycles. The van der Waals surface area contributed by atoms with Crippen molar-refractivity contribution in [3.63, 3.8) is 0 Å². The van der Waals surface area contributed by atoms with Gasteiger partial charge in [0.25, 0.3) is 0 Å². The zero-order valence-corrected chi connectivity index (χ0v) is 15.1. The van der Waals surface area contributed by atoms with E-state index in [1.807, 2.05) is 60.7 Å². The Hall–Kier alpha value is -3.52. The zero-order chi connectivity index (χ0) is 18.3. The summed E-state index contributed by atoms with van der Waals surface area (Å²) in [6.45, 7) is 0. The molecule has 0 amide bonds. The van der Waals surface area contributed by atoms with Crippen molar-refractivity contribution < 1.29 is 0 Å². The average molecular weight is 350 g/mol. The normalized spacial score (nSPS) is 10.8. The first-order valence-corrected chi connectivity index (χ1v) is 9.18. The second-order valence-electron chi connectivity index (χ2n) is 6.47. The Morgan fingerprint density at radius 1 is 0.407 bits per heavy atom. The van der Waals surface area contributed by atoms with E-state index >= 15 is 0 Å². The summed E-state index contributed by atoms with van der Waals surface area (Å²) >= 11 is 0. The maximum absolute atomic E-state index is 3.11. The van der Waals surface area contributed by atoms with Crippen LogP contribution in [0.1, 0.15) is 11.1 Å². The largest absolute Gasteiger partial charge is 0.301 e. The van der Waals surface area contributed by atoms with E-state index in [2.05, 4.69) is 59.4 Å². The van der Waals surface area contributed by atoms with Gasteiger partial charge >= 0.3 is 0 Å². The molecule has 5 rings (SSSR count). The summed E-state index contributed by atoms with van der Waals surface area (Å²) in [7, 11) is 0. The molecule has 1 aliphatic carbocycles. The number of rotatable bonds is 3. The molecule has 0 atom stereocenters. The fourth-order valence-corrected chi connectivity index (χ4v) is 3.27. The van der Waals surface area contributed by atoms with Crippen LogP contribution in [-0.4, -0.2) is 0 Å². The maximum atomic E-state index is 3.11. The molecular formula is C25H22N2. The number of benzene rings is 4. The molecular weight excluding hydrogens is 328 g/mol. The Morgan fingerprint density at radius 2 is 0.778 bits per heavy atom. The zero-order valence-electron chi connectivity index (χ0n) is 15.1. The molecule has 0 saturated heterocycles. The van der Waals surface area contributed by atoms with Crippen molar-refractivity contribution in [2.75, 3.05) is 10.9 Å². The van der Waals surface area contributed by atoms with E-state index < -0.39 is 0 Å². The van der Waals surface area contributed by atoms with E-state index in [1.165, 1.54) is 22.3 Å². The summed E-state index contributed by atoms with van der Waals surface area (Å²) in [5, 5.41) is 0. The van der Waals surface area contributed by atoms with E-state index in [9.17, 15) is 0 Å². The van der Waals surface area contributed by atoms with Crippen molar-refractivity contribution in [1.82, 2.24) is 0 Å². The van der Waals surface area contributed by atoms with Crippen LogP contribution in [0, 0.1) is 0 Å². The van der Waals surface area contributed by atoms with Gasteiger partial charge in [-0.1, -0.05) is 84.9 Å². The molecule has 0 aliphatic heterocycles. The lowest BCUT2D eigenvalue weighted by Crippen LogP contribution is -2.07. The van der Waals surface area contributed by atoms with Crippen LogP contribution in [-0.2, 0) is 6.42 Å². The smallest absolute Gasteiger partial charge is 0.0539 e. The minimum absolute atomic E-state index is 1.05. The molecule has 2 N–H and O–H groups in total. The highest BCUT2D eigenvalue weighted by molar-refractivity contribution is 5.76. The molecule has 0 radical (unpaired) electrons. The van der Waals surface area contributed by atoms with Crippen molar-refractivity contribution in [3.05, 3.63) is 120 Å². The van der Waals surface area contributed by atoms with Crippen LogP contribution in [0.25, 0.3) is 11.1 Å². The molecule has 0 unspecified atom stereocenters. The molecule has 1 aliphatic rings. The standard InChI is InChI=1S/C13H10.C12H12N2/c1-3-7-12-10(5-1)9-11-6-2-4-8-13(11)12;1-3-7-11(8-4-1)13-14-12-9-5-2-6-10-12/h1-8H,9H2;1-10,13-14H. The number of hydrazine groups is 1. The quantitative estimate of drug-likeness (QED) is 0.369. The minimum Gasteiger partial charge on any atom is -0.301 e. The first kappa shape index (κ1) is 16.9. The highest BCUT2D eigenvalue weighted by atomic mass is 15.4. The minimum atomic E-state index is 1.05. The van der Waals surface area contributed by atoms with Crippen molar-refractivity contribution in [3.8, 4) is 11.1 Å². The molecule has 132 valence electrons. The summed E-state index contributed by atoms with van der Waals surface area (Å²) in [4.78, 5) is 0. The van der Waals surface area contributed by atoms with Gasteiger partial charge in [-0.2, -0.15) is 0 Å². The number of anilines is 2. The summed E-state index contributed by atoms with van der Waals surface area (Å²) < 4.78 is 0. The summed E-state index contributed by atoms with van der Waals surface area (Å²) in [6, 6.07) is 37.3. The lowest BCUT2D eigenvalue weighted by atomic mass is 10.1. The molecule has 27 heavy (non-hydrogen) atoms. The Kier molecular flexibility index (Phi) is 5.16. The Bertz CT molecular complexity index is 912. The van der Waals surface area contributed by atoms with Crippen molar-refractivity contribution in [2.45, 2.75) is 6.42 Å². The van der Waals surface area contributed by atoms with Gasteiger partial charge in [-0.25, -0.2) is 0 Å². The second-order valence-corrected chi connectivity index (χ2v) is 6.47. The van der Waals surface area contributed by atoms with Gasteiger partial charge in [-0.05, 0) is 52.9 Å². The molecule has 2 nitrogen and oxygen atoms in total. The molecule has 0 fully saturated rings. The first-order valence-electron chi connectivity index (χ1n) is 9.18. The van der Waals surface area contributed by atoms with Gasteiger partial charge in [0.05, 0.1) is 11.4 Å². The second kappa shape index (κ2) is 8.24. The van der Waals surface area contributed by atoms with Crippen molar-refractivity contribution in [2.24, 2.45) is 0 Å². The van der Waals surface area contributed by atoms with Crippen LogP contribution in [0.15, 0.2) is 109 Å². The van der Waals surface area contributed by atoms with Crippen LogP contribution in [0.4, 0.5) is 11.4 Å². The average Bonchev–Trinajstić information content (AvgIpc) is 3.13. The number of para-hydroxylation sites is 2. The van der Waals surface area contributed by atoms with Crippen LogP contribution < -0.4 is 10.9 Å². The molecule has 0 aromatic heterocycles. The van der Waals surface area contributed by atoms with E-state index in [0.29, 0.717) is 0 Å².